The minimum atomic E-state index is -0.721. The number of nitrogens with one attached hydrogen (secondary N) is 1. The van der Waals surface area contributed by atoms with Crippen LogP contribution in [0.25, 0.3) is 17.4 Å². The molecule has 29 heavy (non-hydrogen) atoms. The maximum Gasteiger partial charge on any atom is 0.339 e. The smallest absolute Gasteiger partial charge is 0.339 e. The Labute approximate surface area is 166 Å². The fourth-order valence-corrected chi connectivity index (χ4v) is 2.73. The molecule has 7 heteroatoms. The van der Waals surface area contributed by atoms with Crippen LogP contribution in [0.5, 0.6) is 0 Å². The average molecular weight is 386 g/mol. The summed E-state index contributed by atoms with van der Waals surface area (Å²) in [5, 5.41) is 11.2. The summed E-state index contributed by atoms with van der Waals surface area (Å²) in [5.74, 6) is 1.15. The Balaban J connectivity index is 1.92. The van der Waals surface area contributed by atoms with E-state index in [1.165, 1.54) is 13.0 Å². The standard InChI is InChI=1S/C22H14N2O5/c1-3-9-28-22(27)15-6-4-5-14(10-15)19-8-7-16(29-19)11-17-13(2)18(12-23)21(26)24-20(17)25/h1,4-8,10-11H,9H2,2H3,(H,24,25,26)/b17-11-. The molecule has 1 aliphatic rings. The zero-order valence-corrected chi connectivity index (χ0v) is 15.3. The molecule has 0 saturated heterocycles. The van der Waals surface area contributed by atoms with E-state index in [-0.39, 0.29) is 23.3 Å². The van der Waals surface area contributed by atoms with Crippen molar-refractivity contribution >= 4 is 23.9 Å². The van der Waals surface area contributed by atoms with E-state index in [0.29, 0.717) is 22.6 Å². The van der Waals surface area contributed by atoms with E-state index in [1.807, 2.05) is 0 Å². The number of nitriles is 1. The van der Waals surface area contributed by atoms with Crippen LogP contribution in [0.2, 0.25) is 0 Å². The van der Waals surface area contributed by atoms with Crippen LogP contribution in [-0.2, 0) is 14.3 Å². The quantitative estimate of drug-likeness (QED) is 0.374. The average Bonchev–Trinajstić information content (AvgIpc) is 3.18. The number of carbonyl (C=O) groups is 3. The molecule has 0 aliphatic carbocycles. The molecule has 7 nitrogen and oxygen atoms in total. The Morgan fingerprint density at radius 3 is 2.79 bits per heavy atom. The molecule has 0 radical (unpaired) electrons. The van der Waals surface area contributed by atoms with Gasteiger partial charge in [0.15, 0.2) is 6.61 Å². The van der Waals surface area contributed by atoms with Gasteiger partial charge in [-0.15, -0.1) is 6.42 Å². The van der Waals surface area contributed by atoms with E-state index in [0.717, 1.165) is 0 Å². The lowest BCUT2D eigenvalue weighted by Gasteiger charge is -2.15. The second-order valence-electron chi connectivity index (χ2n) is 6.02. The van der Waals surface area contributed by atoms with Crippen LogP contribution < -0.4 is 5.32 Å². The monoisotopic (exact) mass is 386 g/mol. The van der Waals surface area contributed by atoms with Crippen LogP contribution in [0.4, 0.5) is 0 Å². The molecule has 0 spiro atoms. The number of furan rings is 1. The molecule has 0 bridgehead atoms. The number of amides is 2. The van der Waals surface area contributed by atoms with Crippen LogP contribution in [0.15, 0.2) is 57.5 Å². The maximum absolute atomic E-state index is 12.1. The first-order chi connectivity index (χ1) is 13.9. The van der Waals surface area contributed by atoms with Crippen LogP contribution in [0.1, 0.15) is 23.0 Å². The van der Waals surface area contributed by atoms with Crippen molar-refractivity contribution in [1.29, 1.82) is 5.26 Å². The first-order valence-electron chi connectivity index (χ1n) is 8.44. The largest absolute Gasteiger partial charge is 0.457 e. The van der Waals surface area contributed by atoms with Gasteiger partial charge in [0.1, 0.15) is 23.2 Å². The first-order valence-corrected chi connectivity index (χ1v) is 8.44. The summed E-state index contributed by atoms with van der Waals surface area (Å²) < 4.78 is 10.7. The molecule has 1 N–H and O–H groups in total. The molecule has 0 unspecified atom stereocenters. The van der Waals surface area contributed by atoms with Gasteiger partial charge in [0.25, 0.3) is 11.8 Å². The molecule has 0 atom stereocenters. The minimum absolute atomic E-state index is 0.121. The van der Waals surface area contributed by atoms with E-state index in [2.05, 4.69) is 11.2 Å². The number of rotatable bonds is 4. The Kier molecular flexibility index (Phi) is 5.43. The van der Waals surface area contributed by atoms with E-state index in [4.69, 9.17) is 20.8 Å². The highest BCUT2D eigenvalue weighted by atomic mass is 16.5. The predicted octanol–water partition coefficient (Wildman–Crippen LogP) is 2.62. The Bertz CT molecular complexity index is 1170. The fourth-order valence-electron chi connectivity index (χ4n) is 2.73. The lowest BCUT2D eigenvalue weighted by Crippen LogP contribution is -2.37. The molecule has 1 aromatic carbocycles. The van der Waals surface area contributed by atoms with Crippen molar-refractivity contribution in [2.75, 3.05) is 6.61 Å². The van der Waals surface area contributed by atoms with Gasteiger partial charge in [-0.25, -0.2) is 4.79 Å². The molecule has 0 saturated carbocycles. The van der Waals surface area contributed by atoms with E-state index in [9.17, 15) is 14.4 Å². The molecule has 1 aromatic heterocycles. The second-order valence-corrected chi connectivity index (χ2v) is 6.02. The summed E-state index contributed by atoms with van der Waals surface area (Å²) >= 11 is 0. The molecule has 2 amide bonds. The lowest BCUT2D eigenvalue weighted by molar-refractivity contribution is -0.126. The fraction of sp³-hybridized carbons (Fsp3) is 0.0909. The zero-order valence-electron chi connectivity index (χ0n) is 15.3. The predicted molar refractivity (Wildman–Crippen MR) is 103 cm³/mol. The van der Waals surface area contributed by atoms with Gasteiger partial charge >= 0.3 is 5.97 Å². The Morgan fingerprint density at radius 2 is 2.07 bits per heavy atom. The van der Waals surface area contributed by atoms with Crippen LogP contribution in [0.3, 0.4) is 0 Å². The third kappa shape index (κ3) is 4.00. The van der Waals surface area contributed by atoms with Gasteiger partial charge in [-0.05, 0) is 42.8 Å². The Hall–Kier alpha value is -4.36. The molecule has 1 aliphatic heterocycles. The van der Waals surface area contributed by atoms with Crippen LogP contribution in [0, 0.1) is 23.7 Å². The van der Waals surface area contributed by atoms with Gasteiger partial charge < -0.3 is 9.15 Å². The van der Waals surface area contributed by atoms with E-state index in [1.54, 1.807) is 42.5 Å². The number of terminal acetylenes is 1. The highest BCUT2D eigenvalue weighted by Gasteiger charge is 2.27. The summed E-state index contributed by atoms with van der Waals surface area (Å²) in [6.07, 6.45) is 6.53. The highest BCUT2D eigenvalue weighted by molar-refractivity contribution is 6.19. The van der Waals surface area contributed by atoms with Crippen molar-refractivity contribution in [3.8, 4) is 29.7 Å². The number of esters is 1. The maximum atomic E-state index is 12.1. The van der Waals surface area contributed by atoms with Crippen molar-refractivity contribution in [1.82, 2.24) is 5.32 Å². The number of nitrogens with zero attached hydrogens (tertiary/aromatic N) is 1. The van der Waals surface area contributed by atoms with Crippen molar-refractivity contribution in [2.24, 2.45) is 0 Å². The number of carbonyl (C=O) groups excluding carboxylic acids is 3. The highest BCUT2D eigenvalue weighted by Crippen LogP contribution is 2.27. The first kappa shape index (κ1) is 19.4. The molecular formula is C22H14N2O5. The van der Waals surface area contributed by atoms with Gasteiger partial charge in [-0.2, -0.15) is 5.26 Å². The number of imide groups is 1. The summed E-state index contributed by atoms with van der Waals surface area (Å²) in [6, 6.07) is 11.7. The van der Waals surface area contributed by atoms with Gasteiger partial charge in [0, 0.05) is 11.1 Å². The SMILES string of the molecule is C#CCOC(=O)c1cccc(-c2ccc(/C=C3\C(=O)NC(=O)C(C#N)=C3C)o2)c1. The molecule has 142 valence electrons. The topological polar surface area (TPSA) is 109 Å². The molecule has 2 aromatic rings. The third-order valence-electron chi connectivity index (χ3n) is 4.17. The Morgan fingerprint density at radius 1 is 1.28 bits per heavy atom. The summed E-state index contributed by atoms with van der Waals surface area (Å²) in [7, 11) is 0. The number of hydrogen-bond acceptors (Lipinski definition) is 6. The van der Waals surface area contributed by atoms with Gasteiger partial charge in [-0.1, -0.05) is 18.1 Å². The number of ether oxygens (including phenoxy) is 1. The van der Waals surface area contributed by atoms with Gasteiger partial charge in [0.2, 0.25) is 0 Å². The van der Waals surface area contributed by atoms with Crippen LogP contribution in [-0.4, -0.2) is 24.4 Å². The van der Waals surface area contributed by atoms with E-state index >= 15 is 0 Å². The summed E-state index contributed by atoms with van der Waals surface area (Å²) in [4.78, 5) is 35.7. The van der Waals surface area contributed by atoms with Crippen molar-refractivity contribution in [3.05, 3.63) is 64.4 Å². The zero-order chi connectivity index (χ0) is 21.0. The molecule has 2 heterocycles. The number of hydrogen-bond donors (Lipinski definition) is 1. The lowest BCUT2D eigenvalue weighted by atomic mass is 9.96. The van der Waals surface area contributed by atoms with Crippen molar-refractivity contribution in [3.63, 3.8) is 0 Å². The van der Waals surface area contributed by atoms with Crippen LogP contribution >= 0.6 is 0 Å². The number of benzene rings is 1. The summed E-state index contributed by atoms with van der Waals surface area (Å²) in [5.41, 5.74) is 1.25. The normalized spacial score (nSPS) is 14.9. The van der Waals surface area contributed by atoms with E-state index < -0.39 is 17.8 Å². The minimum Gasteiger partial charge on any atom is -0.457 e. The molecular weight excluding hydrogens is 372 g/mol. The third-order valence-corrected chi connectivity index (χ3v) is 4.17. The van der Waals surface area contributed by atoms with Gasteiger partial charge in [-0.3, -0.25) is 14.9 Å². The molecule has 0 fully saturated rings. The van der Waals surface area contributed by atoms with Gasteiger partial charge in [0.05, 0.1) is 5.56 Å². The second kappa shape index (κ2) is 8.12. The van der Waals surface area contributed by atoms with Crippen molar-refractivity contribution in [2.45, 2.75) is 6.92 Å². The van der Waals surface area contributed by atoms with Crippen molar-refractivity contribution < 1.29 is 23.5 Å². The molecule has 3 rings (SSSR count). The summed E-state index contributed by atoms with van der Waals surface area (Å²) in [6.45, 7) is 1.40.